The Morgan fingerprint density at radius 2 is 1.67 bits per heavy atom. The molecule has 0 saturated heterocycles. The van der Waals surface area contributed by atoms with Crippen molar-refractivity contribution >= 4 is 10.8 Å². The van der Waals surface area contributed by atoms with E-state index in [9.17, 15) is 13.9 Å². The van der Waals surface area contributed by atoms with E-state index in [4.69, 9.17) is 0 Å². The SMILES string of the molecule is OC(Cc1cc(F)ccc1F)c1cccc2ccccc12. The highest BCUT2D eigenvalue weighted by Gasteiger charge is 2.14. The second-order valence-corrected chi connectivity index (χ2v) is 5.02. The van der Waals surface area contributed by atoms with Crippen LogP contribution in [0.15, 0.2) is 60.7 Å². The molecule has 0 aliphatic heterocycles. The van der Waals surface area contributed by atoms with Crippen molar-refractivity contribution in [1.82, 2.24) is 0 Å². The Hall–Kier alpha value is -2.26. The Balaban J connectivity index is 1.97. The second kappa shape index (κ2) is 5.62. The number of aliphatic hydroxyl groups is 1. The molecule has 0 amide bonds. The van der Waals surface area contributed by atoms with Crippen LogP contribution < -0.4 is 0 Å². The lowest BCUT2D eigenvalue weighted by Gasteiger charge is -2.14. The van der Waals surface area contributed by atoms with Crippen LogP contribution in [0.2, 0.25) is 0 Å². The number of rotatable bonds is 3. The van der Waals surface area contributed by atoms with Gasteiger partial charge in [-0.25, -0.2) is 8.78 Å². The molecule has 3 aromatic carbocycles. The molecular weight excluding hydrogens is 270 g/mol. The van der Waals surface area contributed by atoms with Crippen LogP contribution >= 0.6 is 0 Å². The first-order chi connectivity index (χ1) is 10.1. The predicted molar refractivity (Wildman–Crippen MR) is 79.0 cm³/mol. The minimum atomic E-state index is -0.882. The van der Waals surface area contributed by atoms with E-state index in [0.717, 1.165) is 34.5 Å². The molecule has 0 aromatic heterocycles. The average molecular weight is 284 g/mol. The summed E-state index contributed by atoms with van der Waals surface area (Å²) in [5, 5.41) is 12.3. The van der Waals surface area contributed by atoms with Crippen molar-refractivity contribution in [2.45, 2.75) is 12.5 Å². The maximum absolute atomic E-state index is 13.7. The molecule has 0 heterocycles. The molecule has 0 radical (unpaired) electrons. The van der Waals surface area contributed by atoms with E-state index < -0.39 is 17.7 Å². The van der Waals surface area contributed by atoms with Crippen molar-refractivity contribution in [3.8, 4) is 0 Å². The van der Waals surface area contributed by atoms with Crippen molar-refractivity contribution in [3.05, 3.63) is 83.4 Å². The molecule has 0 spiro atoms. The Kier molecular flexibility index (Phi) is 3.67. The minimum Gasteiger partial charge on any atom is -0.388 e. The highest BCUT2D eigenvalue weighted by molar-refractivity contribution is 5.86. The molecular formula is C18H14F2O. The average Bonchev–Trinajstić information content (AvgIpc) is 2.50. The number of fused-ring (bicyclic) bond motifs is 1. The molecule has 106 valence electrons. The summed E-state index contributed by atoms with van der Waals surface area (Å²) in [5.41, 5.74) is 0.896. The summed E-state index contributed by atoms with van der Waals surface area (Å²) in [6.07, 6.45) is -0.843. The van der Waals surface area contributed by atoms with Crippen LogP contribution in [0.1, 0.15) is 17.2 Å². The smallest absolute Gasteiger partial charge is 0.126 e. The van der Waals surface area contributed by atoms with Crippen LogP contribution in [0, 0.1) is 11.6 Å². The lowest BCUT2D eigenvalue weighted by molar-refractivity contribution is 0.178. The summed E-state index contributed by atoms with van der Waals surface area (Å²) in [6, 6.07) is 16.6. The molecule has 3 rings (SSSR count). The topological polar surface area (TPSA) is 20.2 Å². The van der Waals surface area contributed by atoms with Gasteiger partial charge in [0.05, 0.1) is 6.10 Å². The monoisotopic (exact) mass is 284 g/mol. The summed E-state index contributed by atoms with van der Waals surface area (Å²) in [6.45, 7) is 0. The summed E-state index contributed by atoms with van der Waals surface area (Å²) in [4.78, 5) is 0. The highest BCUT2D eigenvalue weighted by atomic mass is 19.1. The van der Waals surface area contributed by atoms with E-state index in [1.54, 1.807) is 0 Å². The first kappa shape index (κ1) is 13.7. The van der Waals surface area contributed by atoms with E-state index in [0.29, 0.717) is 0 Å². The maximum Gasteiger partial charge on any atom is 0.126 e. The zero-order valence-corrected chi connectivity index (χ0v) is 11.3. The van der Waals surface area contributed by atoms with Crippen LogP contribution in [0.5, 0.6) is 0 Å². The van der Waals surface area contributed by atoms with Gasteiger partial charge in [-0.15, -0.1) is 0 Å². The molecule has 0 aliphatic rings. The summed E-state index contributed by atoms with van der Waals surface area (Å²) in [5.74, 6) is -1.01. The van der Waals surface area contributed by atoms with Gasteiger partial charge in [0.1, 0.15) is 11.6 Å². The zero-order chi connectivity index (χ0) is 14.8. The van der Waals surface area contributed by atoms with Crippen molar-refractivity contribution < 1.29 is 13.9 Å². The number of hydrogen-bond acceptors (Lipinski definition) is 1. The maximum atomic E-state index is 13.7. The van der Waals surface area contributed by atoms with Gasteiger partial charge in [-0.3, -0.25) is 0 Å². The fourth-order valence-electron chi connectivity index (χ4n) is 2.56. The number of aliphatic hydroxyl groups excluding tert-OH is 1. The number of hydrogen-bond donors (Lipinski definition) is 1. The zero-order valence-electron chi connectivity index (χ0n) is 11.3. The summed E-state index contributed by atoms with van der Waals surface area (Å²) in [7, 11) is 0. The normalized spacial score (nSPS) is 12.5. The molecule has 1 nitrogen and oxygen atoms in total. The Morgan fingerprint density at radius 3 is 2.52 bits per heavy atom. The molecule has 1 atom stereocenters. The summed E-state index contributed by atoms with van der Waals surface area (Å²) >= 11 is 0. The standard InChI is InChI=1S/C18H14F2O/c19-14-8-9-17(20)13(10-14)11-18(21)16-7-3-5-12-4-1-2-6-15(12)16/h1-10,18,21H,11H2. The second-order valence-electron chi connectivity index (χ2n) is 5.02. The molecule has 3 heteroatoms. The molecule has 3 aromatic rings. The Bertz CT molecular complexity index is 778. The van der Waals surface area contributed by atoms with E-state index in [2.05, 4.69) is 0 Å². The Labute approximate surface area is 121 Å². The van der Waals surface area contributed by atoms with Crippen LogP contribution in [0.25, 0.3) is 10.8 Å². The van der Waals surface area contributed by atoms with Gasteiger partial charge in [0.2, 0.25) is 0 Å². The van der Waals surface area contributed by atoms with E-state index >= 15 is 0 Å². The van der Waals surface area contributed by atoms with E-state index in [-0.39, 0.29) is 12.0 Å². The van der Waals surface area contributed by atoms with Gasteiger partial charge in [-0.2, -0.15) is 0 Å². The van der Waals surface area contributed by atoms with Crippen molar-refractivity contribution in [2.24, 2.45) is 0 Å². The molecule has 0 saturated carbocycles. The summed E-state index contributed by atoms with van der Waals surface area (Å²) < 4.78 is 26.9. The number of halogens is 2. The van der Waals surface area contributed by atoms with Gasteiger partial charge in [0, 0.05) is 6.42 Å². The van der Waals surface area contributed by atoms with Gasteiger partial charge >= 0.3 is 0 Å². The first-order valence-electron chi connectivity index (χ1n) is 6.75. The predicted octanol–water partition coefficient (Wildman–Crippen LogP) is 4.39. The van der Waals surface area contributed by atoms with Crippen LogP contribution in [0.3, 0.4) is 0 Å². The van der Waals surface area contributed by atoms with E-state index in [1.165, 1.54) is 0 Å². The fourth-order valence-corrected chi connectivity index (χ4v) is 2.56. The van der Waals surface area contributed by atoms with Gasteiger partial charge < -0.3 is 5.11 Å². The largest absolute Gasteiger partial charge is 0.388 e. The van der Waals surface area contributed by atoms with Gasteiger partial charge in [-0.1, -0.05) is 42.5 Å². The van der Waals surface area contributed by atoms with Gasteiger partial charge in [0.15, 0.2) is 0 Å². The molecule has 1 unspecified atom stereocenters. The highest BCUT2D eigenvalue weighted by Crippen LogP contribution is 2.27. The van der Waals surface area contributed by atoms with Gasteiger partial charge in [0.25, 0.3) is 0 Å². The molecule has 21 heavy (non-hydrogen) atoms. The molecule has 0 aliphatic carbocycles. The quantitative estimate of drug-likeness (QED) is 0.756. The van der Waals surface area contributed by atoms with Crippen molar-refractivity contribution in [1.29, 1.82) is 0 Å². The number of benzene rings is 3. The van der Waals surface area contributed by atoms with Crippen LogP contribution in [-0.2, 0) is 6.42 Å². The van der Waals surface area contributed by atoms with Gasteiger partial charge in [-0.05, 0) is 40.1 Å². The Morgan fingerprint density at radius 1 is 0.905 bits per heavy atom. The molecule has 0 fully saturated rings. The lowest BCUT2D eigenvalue weighted by atomic mass is 9.96. The third-order valence-corrected chi connectivity index (χ3v) is 3.60. The molecule has 0 bridgehead atoms. The minimum absolute atomic E-state index is 0.0393. The van der Waals surface area contributed by atoms with E-state index in [1.807, 2.05) is 42.5 Å². The fraction of sp³-hybridized carbons (Fsp3) is 0.111. The molecule has 1 N–H and O–H groups in total. The first-order valence-corrected chi connectivity index (χ1v) is 6.75. The van der Waals surface area contributed by atoms with Crippen LogP contribution in [-0.4, -0.2) is 5.11 Å². The lowest BCUT2D eigenvalue weighted by Crippen LogP contribution is -2.04. The van der Waals surface area contributed by atoms with Crippen molar-refractivity contribution in [3.63, 3.8) is 0 Å². The third-order valence-electron chi connectivity index (χ3n) is 3.60. The van der Waals surface area contributed by atoms with Crippen LogP contribution in [0.4, 0.5) is 8.78 Å². The van der Waals surface area contributed by atoms with Crippen molar-refractivity contribution in [2.75, 3.05) is 0 Å². The third kappa shape index (κ3) is 2.78.